The average molecular weight is 314 g/mol. The third-order valence-corrected chi connectivity index (χ3v) is 5.11. The van der Waals surface area contributed by atoms with Gasteiger partial charge in [-0.3, -0.25) is 0 Å². The van der Waals surface area contributed by atoms with Crippen LogP contribution in [-0.2, 0) is 9.84 Å². The van der Waals surface area contributed by atoms with E-state index in [1.54, 1.807) is 12.1 Å². The number of hydrogen-bond donors (Lipinski definition) is 1. The van der Waals surface area contributed by atoms with Gasteiger partial charge in [-0.25, -0.2) is 8.42 Å². The van der Waals surface area contributed by atoms with Crippen LogP contribution in [0.5, 0.6) is 0 Å². The lowest BCUT2D eigenvalue weighted by atomic mass is 10.1. The fraction of sp³-hybridized carbons (Fsp3) is 0.333. The highest BCUT2D eigenvalue weighted by Crippen LogP contribution is 2.35. The van der Waals surface area contributed by atoms with Crippen molar-refractivity contribution in [3.05, 3.63) is 33.6 Å². The molecule has 0 aromatic heterocycles. The summed E-state index contributed by atoms with van der Waals surface area (Å²) < 4.78 is 24.7. The summed E-state index contributed by atoms with van der Waals surface area (Å²) in [5.41, 5.74) is 1.70. The van der Waals surface area contributed by atoms with E-state index in [0.717, 1.165) is 15.6 Å². The van der Waals surface area contributed by atoms with Gasteiger partial charge in [0, 0.05) is 22.5 Å². The molecule has 0 radical (unpaired) electrons. The number of nitrogens with one attached hydrogen (secondary N) is 1. The van der Waals surface area contributed by atoms with Crippen molar-refractivity contribution in [2.45, 2.75) is 23.8 Å². The molecule has 3 rings (SSSR count). The molecule has 5 heteroatoms. The Bertz CT molecular complexity index is 603. The zero-order chi connectivity index (χ0) is 12.0. The van der Waals surface area contributed by atoms with Crippen LogP contribution in [0, 0.1) is 0 Å². The van der Waals surface area contributed by atoms with E-state index in [9.17, 15) is 8.42 Å². The standard InChI is InChI=1S/C12H12BrNO2S/c13-9-1-4-12-11(5-9)8(7-17(12,15)16)6-14-10-2-3-10/h1,4-5,7,10,14H,2-3,6H2. The Morgan fingerprint density at radius 3 is 2.82 bits per heavy atom. The second-order valence-corrected chi connectivity index (χ2v) is 7.16. The minimum absolute atomic E-state index is 0.424. The highest BCUT2D eigenvalue weighted by Gasteiger charge is 2.28. The first kappa shape index (κ1) is 11.4. The van der Waals surface area contributed by atoms with Crippen molar-refractivity contribution in [3.63, 3.8) is 0 Å². The Kier molecular flexibility index (Phi) is 2.65. The Morgan fingerprint density at radius 1 is 1.35 bits per heavy atom. The molecular weight excluding hydrogens is 302 g/mol. The molecule has 1 saturated carbocycles. The minimum Gasteiger partial charge on any atom is -0.310 e. The van der Waals surface area contributed by atoms with Crippen LogP contribution in [0.3, 0.4) is 0 Å². The fourth-order valence-electron chi connectivity index (χ4n) is 1.99. The van der Waals surface area contributed by atoms with Gasteiger partial charge in [-0.15, -0.1) is 0 Å². The quantitative estimate of drug-likeness (QED) is 0.931. The minimum atomic E-state index is -3.22. The van der Waals surface area contributed by atoms with E-state index in [4.69, 9.17) is 0 Å². The summed E-state index contributed by atoms with van der Waals surface area (Å²) in [5, 5.41) is 4.74. The Hall–Kier alpha value is -0.650. The molecule has 0 saturated heterocycles. The van der Waals surface area contributed by atoms with E-state index < -0.39 is 9.84 Å². The molecule has 1 fully saturated rings. The number of benzene rings is 1. The molecule has 1 aromatic carbocycles. The summed E-state index contributed by atoms with van der Waals surface area (Å²) in [5.74, 6) is 0. The van der Waals surface area contributed by atoms with Crippen molar-refractivity contribution in [3.8, 4) is 0 Å². The van der Waals surface area contributed by atoms with Crippen LogP contribution in [-0.4, -0.2) is 21.0 Å². The van der Waals surface area contributed by atoms with Gasteiger partial charge in [-0.05, 0) is 42.2 Å². The Morgan fingerprint density at radius 2 is 2.12 bits per heavy atom. The zero-order valence-electron chi connectivity index (χ0n) is 9.11. The molecule has 1 heterocycles. The monoisotopic (exact) mass is 313 g/mol. The Labute approximate surface area is 109 Å². The number of hydrogen-bond acceptors (Lipinski definition) is 3. The summed E-state index contributed by atoms with van der Waals surface area (Å²) in [4.78, 5) is 0.424. The molecule has 1 aliphatic heterocycles. The highest BCUT2D eigenvalue weighted by molar-refractivity contribution is 9.10. The van der Waals surface area contributed by atoms with Gasteiger partial charge in [0.15, 0.2) is 0 Å². The van der Waals surface area contributed by atoms with E-state index in [1.165, 1.54) is 18.2 Å². The van der Waals surface area contributed by atoms with E-state index in [2.05, 4.69) is 21.2 Å². The molecule has 3 nitrogen and oxygen atoms in total. The first-order chi connectivity index (χ1) is 8.06. The summed E-state index contributed by atoms with van der Waals surface area (Å²) in [7, 11) is -3.22. The lowest BCUT2D eigenvalue weighted by Gasteiger charge is -2.06. The predicted molar refractivity (Wildman–Crippen MR) is 70.3 cm³/mol. The maximum absolute atomic E-state index is 11.9. The average Bonchev–Trinajstić information content (AvgIpc) is 3.03. The molecule has 0 amide bonds. The largest absolute Gasteiger partial charge is 0.310 e. The topological polar surface area (TPSA) is 46.2 Å². The molecule has 0 bridgehead atoms. The summed E-state index contributed by atoms with van der Waals surface area (Å²) in [6, 6.07) is 5.88. The molecule has 0 spiro atoms. The molecule has 1 aromatic rings. The zero-order valence-corrected chi connectivity index (χ0v) is 11.5. The Balaban J connectivity index is 1.97. The molecular formula is C12H12BrNO2S. The van der Waals surface area contributed by atoms with Crippen molar-refractivity contribution < 1.29 is 8.42 Å². The van der Waals surface area contributed by atoms with Crippen LogP contribution in [0.4, 0.5) is 0 Å². The molecule has 0 atom stereocenters. The number of halogens is 1. The lowest BCUT2D eigenvalue weighted by molar-refractivity contribution is 0.605. The van der Waals surface area contributed by atoms with E-state index in [1.807, 2.05) is 6.07 Å². The van der Waals surface area contributed by atoms with Crippen molar-refractivity contribution in [1.82, 2.24) is 5.32 Å². The summed E-state index contributed by atoms with van der Waals surface area (Å²) in [6.07, 6.45) is 2.40. The summed E-state index contributed by atoms with van der Waals surface area (Å²) in [6.45, 7) is 0.632. The van der Waals surface area contributed by atoms with Gasteiger partial charge < -0.3 is 5.32 Å². The van der Waals surface area contributed by atoms with Crippen molar-refractivity contribution in [1.29, 1.82) is 0 Å². The van der Waals surface area contributed by atoms with Gasteiger partial charge >= 0.3 is 0 Å². The molecule has 17 heavy (non-hydrogen) atoms. The second kappa shape index (κ2) is 3.93. The molecule has 2 aliphatic rings. The third kappa shape index (κ3) is 2.19. The van der Waals surface area contributed by atoms with E-state index >= 15 is 0 Å². The van der Waals surface area contributed by atoms with Crippen LogP contribution in [0.15, 0.2) is 33.0 Å². The first-order valence-corrected chi connectivity index (χ1v) is 7.89. The van der Waals surface area contributed by atoms with Crippen LogP contribution in [0.2, 0.25) is 0 Å². The van der Waals surface area contributed by atoms with Crippen molar-refractivity contribution in [2.75, 3.05) is 6.54 Å². The van der Waals surface area contributed by atoms with Crippen LogP contribution in [0.25, 0.3) is 5.57 Å². The van der Waals surface area contributed by atoms with Crippen molar-refractivity contribution >= 4 is 31.3 Å². The maximum atomic E-state index is 11.9. The van der Waals surface area contributed by atoms with Gasteiger partial charge in [-0.2, -0.15) is 0 Å². The number of sulfone groups is 1. The van der Waals surface area contributed by atoms with E-state index in [0.29, 0.717) is 17.5 Å². The highest BCUT2D eigenvalue weighted by atomic mass is 79.9. The normalized spacial score (nSPS) is 21.1. The maximum Gasteiger partial charge on any atom is 0.200 e. The second-order valence-electron chi connectivity index (χ2n) is 4.48. The van der Waals surface area contributed by atoms with Gasteiger partial charge in [0.05, 0.1) is 4.90 Å². The SMILES string of the molecule is O=S1(=O)C=C(CNC2CC2)c2cc(Br)ccc21. The van der Waals surface area contributed by atoms with E-state index in [-0.39, 0.29) is 0 Å². The van der Waals surface area contributed by atoms with Crippen LogP contribution < -0.4 is 5.32 Å². The predicted octanol–water partition coefficient (Wildman–Crippen LogP) is 2.33. The number of fused-ring (bicyclic) bond motifs is 1. The number of rotatable bonds is 3. The van der Waals surface area contributed by atoms with Gasteiger partial charge in [0.2, 0.25) is 9.84 Å². The van der Waals surface area contributed by atoms with Crippen molar-refractivity contribution in [2.24, 2.45) is 0 Å². The molecule has 90 valence electrons. The molecule has 1 N–H and O–H groups in total. The van der Waals surface area contributed by atoms with Crippen LogP contribution in [0.1, 0.15) is 18.4 Å². The summed E-state index contributed by atoms with van der Waals surface area (Å²) >= 11 is 3.38. The fourth-order valence-corrected chi connectivity index (χ4v) is 3.82. The van der Waals surface area contributed by atoms with Gasteiger partial charge in [0.25, 0.3) is 0 Å². The molecule has 1 aliphatic carbocycles. The molecule has 0 unspecified atom stereocenters. The van der Waals surface area contributed by atoms with Gasteiger partial charge in [-0.1, -0.05) is 15.9 Å². The van der Waals surface area contributed by atoms with Crippen LogP contribution >= 0.6 is 15.9 Å². The van der Waals surface area contributed by atoms with Gasteiger partial charge in [0.1, 0.15) is 0 Å². The lowest BCUT2D eigenvalue weighted by Crippen LogP contribution is -2.18. The first-order valence-electron chi connectivity index (χ1n) is 5.55. The third-order valence-electron chi connectivity index (χ3n) is 3.05. The smallest absolute Gasteiger partial charge is 0.200 e.